The van der Waals surface area contributed by atoms with E-state index in [1.165, 1.54) is 28.7 Å². The van der Waals surface area contributed by atoms with Gasteiger partial charge in [-0.05, 0) is 80.0 Å². The number of ether oxygens (including phenoxy) is 1. The molecule has 3 rings (SSSR count). The Morgan fingerprint density at radius 3 is 2.67 bits per heavy atom. The molecular formula is C21H25NO2. The number of rotatable bonds is 5. The van der Waals surface area contributed by atoms with E-state index in [0.29, 0.717) is 0 Å². The minimum Gasteiger partial charge on any atom is -0.484 e. The van der Waals surface area contributed by atoms with Gasteiger partial charge in [-0.25, -0.2) is 0 Å². The fraction of sp³-hybridized carbons (Fsp3) is 0.381. The van der Waals surface area contributed by atoms with Gasteiger partial charge in [0.1, 0.15) is 5.75 Å². The molecule has 126 valence electrons. The van der Waals surface area contributed by atoms with Gasteiger partial charge in [0.2, 0.25) is 0 Å². The van der Waals surface area contributed by atoms with Crippen LogP contribution in [0.3, 0.4) is 0 Å². The number of aryl methyl sites for hydroxylation is 4. The van der Waals surface area contributed by atoms with Crippen molar-refractivity contribution >= 4 is 5.91 Å². The first-order chi connectivity index (χ1) is 11.5. The van der Waals surface area contributed by atoms with E-state index in [1.54, 1.807) is 0 Å². The van der Waals surface area contributed by atoms with Crippen molar-refractivity contribution in [2.75, 3.05) is 6.61 Å². The molecule has 0 bridgehead atoms. The number of fused-ring (bicyclic) bond motifs is 1. The Hall–Kier alpha value is -2.29. The number of carbonyl (C=O) groups excluding carboxylic acids is 1. The molecule has 0 fully saturated rings. The van der Waals surface area contributed by atoms with Crippen LogP contribution in [0.2, 0.25) is 0 Å². The number of amides is 1. The highest BCUT2D eigenvalue weighted by Gasteiger charge is 2.13. The topological polar surface area (TPSA) is 38.3 Å². The molecular weight excluding hydrogens is 298 g/mol. The summed E-state index contributed by atoms with van der Waals surface area (Å²) in [7, 11) is 0. The fourth-order valence-electron chi connectivity index (χ4n) is 3.19. The second-order valence-corrected chi connectivity index (χ2v) is 6.71. The smallest absolute Gasteiger partial charge is 0.258 e. The summed E-state index contributed by atoms with van der Waals surface area (Å²) in [6.45, 7) is 6.22. The largest absolute Gasteiger partial charge is 0.484 e. The SMILES string of the molecule is Cc1ccc(C(C)NC(=O)COc2ccc3c(c2)CCC3)cc1C. The minimum absolute atomic E-state index is 0.0274. The van der Waals surface area contributed by atoms with Crippen LogP contribution in [0.1, 0.15) is 47.2 Å². The molecule has 0 saturated carbocycles. The van der Waals surface area contributed by atoms with Gasteiger partial charge in [0.15, 0.2) is 6.61 Å². The van der Waals surface area contributed by atoms with Crippen LogP contribution < -0.4 is 10.1 Å². The Kier molecular flexibility index (Phi) is 4.89. The van der Waals surface area contributed by atoms with Crippen LogP contribution in [0, 0.1) is 13.8 Å². The van der Waals surface area contributed by atoms with Crippen molar-refractivity contribution in [3.63, 3.8) is 0 Å². The maximum Gasteiger partial charge on any atom is 0.258 e. The summed E-state index contributed by atoms with van der Waals surface area (Å²) in [5.41, 5.74) is 6.38. The fourth-order valence-corrected chi connectivity index (χ4v) is 3.19. The van der Waals surface area contributed by atoms with E-state index in [9.17, 15) is 4.79 Å². The molecule has 1 aliphatic rings. The van der Waals surface area contributed by atoms with E-state index in [1.807, 2.05) is 13.0 Å². The van der Waals surface area contributed by atoms with Gasteiger partial charge in [-0.2, -0.15) is 0 Å². The van der Waals surface area contributed by atoms with Gasteiger partial charge in [0, 0.05) is 0 Å². The Morgan fingerprint density at radius 1 is 1.08 bits per heavy atom. The molecule has 0 heterocycles. The lowest BCUT2D eigenvalue weighted by molar-refractivity contribution is -0.123. The lowest BCUT2D eigenvalue weighted by Crippen LogP contribution is -2.31. The first kappa shape index (κ1) is 16.6. The molecule has 1 aliphatic carbocycles. The number of carbonyl (C=O) groups is 1. The summed E-state index contributed by atoms with van der Waals surface area (Å²) in [6, 6.07) is 12.4. The van der Waals surface area contributed by atoms with Gasteiger partial charge in [0.05, 0.1) is 6.04 Å². The van der Waals surface area contributed by atoms with Crippen LogP contribution >= 0.6 is 0 Å². The zero-order valence-corrected chi connectivity index (χ0v) is 14.7. The van der Waals surface area contributed by atoms with E-state index >= 15 is 0 Å². The summed E-state index contributed by atoms with van der Waals surface area (Å²) >= 11 is 0. The molecule has 24 heavy (non-hydrogen) atoms. The van der Waals surface area contributed by atoms with Crippen LogP contribution in [-0.4, -0.2) is 12.5 Å². The van der Waals surface area contributed by atoms with Crippen molar-refractivity contribution < 1.29 is 9.53 Å². The van der Waals surface area contributed by atoms with Crippen LogP contribution in [0.5, 0.6) is 5.75 Å². The molecule has 0 radical (unpaired) electrons. The number of hydrogen-bond donors (Lipinski definition) is 1. The molecule has 1 atom stereocenters. The third kappa shape index (κ3) is 3.78. The van der Waals surface area contributed by atoms with Crippen LogP contribution in [-0.2, 0) is 17.6 Å². The summed E-state index contributed by atoms with van der Waals surface area (Å²) in [6.07, 6.45) is 3.48. The zero-order valence-electron chi connectivity index (χ0n) is 14.7. The Balaban J connectivity index is 1.54. The molecule has 0 aromatic heterocycles. The molecule has 1 unspecified atom stereocenters. The summed E-state index contributed by atoms with van der Waals surface area (Å²) in [4.78, 5) is 12.1. The first-order valence-electron chi connectivity index (χ1n) is 8.64. The molecule has 0 saturated heterocycles. The van der Waals surface area contributed by atoms with Gasteiger partial charge in [-0.3, -0.25) is 4.79 Å². The van der Waals surface area contributed by atoms with Crippen LogP contribution in [0.4, 0.5) is 0 Å². The minimum atomic E-state index is -0.0961. The predicted molar refractivity (Wildman–Crippen MR) is 96.4 cm³/mol. The van der Waals surface area contributed by atoms with E-state index in [2.05, 4.69) is 49.5 Å². The van der Waals surface area contributed by atoms with Crippen molar-refractivity contribution in [3.05, 3.63) is 64.2 Å². The zero-order chi connectivity index (χ0) is 17.1. The molecule has 1 amide bonds. The van der Waals surface area contributed by atoms with E-state index in [0.717, 1.165) is 24.2 Å². The van der Waals surface area contributed by atoms with Crippen molar-refractivity contribution in [2.45, 2.75) is 46.1 Å². The Labute approximate surface area is 144 Å². The number of nitrogens with one attached hydrogen (secondary N) is 1. The molecule has 1 N–H and O–H groups in total. The molecule has 3 heteroatoms. The third-order valence-electron chi connectivity index (χ3n) is 4.85. The number of hydrogen-bond acceptors (Lipinski definition) is 2. The molecule has 2 aromatic rings. The number of benzene rings is 2. The standard InChI is InChI=1S/C21H25NO2/c1-14-7-8-18(11-15(14)2)16(3)22-21(23)13-24-20-10-9-17-5-4-6-19(17)12-20/h7-12,16H,4-6,13H2,1-3H3,(H,22,23). The highest BCUT2D eigenvalue weighted by atomic mass is 16.5. The summed E-state index contributed by atoms with van der Waals surface area (Å²) < 4.78 is 5.66. The molecule has 2 aromatic carbocycles. The Bertz CT molecular complexity index is 751. The first-order valence-corrected chi connectivity index (χ1v) is 8.64. The van der Waals surface area contributed by atoms with Gasteiger partial charge < -0.3 is 10.1 Å². The monoisotopic (exact) mass is 323 g/mol. The quantitative estimate of drug-likeness (QED) is 0.901. The average Bonchev–Trinajstić information content (AvgIpc) is 3.03. The van der Waals surface area contributed by atoms with E-state index in [4.69, 9.17) is 4.74 Å². The molecule has 3 nitrogen and oxygen atoms in total. The van der Waals surface area contributed by atoms with Crippen LogP contribution in [0.25, 0.3) is 0 Å². The Morgan fingerprint density at radius 2 is 1.88 bits per heavy atom. The van der Waals surface area contributed by atoms with Gasteiger partial charge in [0.25, 0.3) is 5.91 Å². The lowest BCUT2D eigenvalue weighted by atomic mass is 10.0. The van der Waals surface area contributed by atoms with Crippen molar-refractivity contribution in [1.29, 1.82) is 0 Å². The van der Waals surface area contributed by atoms with Crippen molar-refractivity contribution in [3.8, 4) is 5.75 Å². The molecule has 0 spiro atoms. The lowest BCUT2D eigenvalue weighted by Gasteiger charge is -2.16. The predicted octanol–water partition coefficient (Wildman–Crippen LogP) is 4.05. The van der Waals surface area contributed by atoms with Crippen molar-refractivity contribution in [2.24, 2.45) is 0 Å². The summed E-state index contributed by atoms with van der Waals surface area (Å²) in [5, 5.41) is 3.00. The normalized spacial score (nSPS) is 14.1. The second kappa shape index (κ2) is 7.08. The average molecular weight is 323 g/mol. The third-order valence-corrected chi connectivity index (χ3v) is 4.85. The second-order valence-electron chi connectivity index (χ2n) is 6.71. The maximum atomic E-state index is 12.1. The van der Waals surface area contributed by atoms with Gasteiger partial charge in [-0.15, -0.1) is 0 Å². The summed E-state index contributed by atoms with van der Waals surface area (Å²) in [5.74, 6) is 0.686. The van der Waals surface area contributed by atoms with Gasteiger partial charge in [-0.1, -0.05) is 24.3 Å². The molecule has 0 aliphatic heterocycles. The van der Waals surface area contributed by atoms with E-state index in [-0.39, 0.29) is 18.6 Å². The van der Waals surface area contributed by atoms with Crippen molar-refractivity contribution in [1.82, 2.24) is 5.32 Å². The van der Waals surface area contributed by atoms with Crippen LogP contribution in [0.15, 0.2) is 36.4 Å². The van der Waals surface area contributed by atoms with E-state index < -0.39 is 0 Å². The maximum absolute atomic E-state index is 12.1. The van der Waals surface area contributed by atoms with Gasteiger partial charge >= 0.3 is 0 Å². The highest BCUT2D eigenvalue weighted by Crippen LogP contribution is 2.26. The highest BCUT2D eigenvalue weighted by molar-refractivity contribution is 5.78.